The summed E-state index contributed by atoms with van der Waals surface area (Å²) < 4.78 is 5.09. The number of carbonyl (C=O) groups excluding carboxylic acids is 1. The van der Waals surface area contributed by atoms with Crippen molar-refractivity contribution in [2.75, 3.05) is 13.7 Å². The van der Waals surface area contributed by atoms with E-state index in [1.165, 1.54) is 42.2 Å². The molecule has 0 aliphatic heterocycles. The molecule has 1 aromatic carbocycles. The van der Waals surface area contributed by atoms with E-state index in [0.29, 0.717) is 18.9 Å². The molecule has 0 saturated heterocycles. The first-order valence-corrected chi connectivity index (χ1v) is 7.77. The molecule has 0 radical (unpaired) electrons. The van der Waals surface area contributed by atoms with Gasteiger partial charge in [-0.1, -0.05) is 30.5 Å². The van der Waals surface area contributed by atoms with Gasteiger partial charge in [0, 0.05) is 6.54 Å². The van der Waals surface area contributed by atoms with Crippen molar-refractivity contribution < 1.29 is 9.53 Å². The van der Waals surface area contributed by atoms with Gasteiger partial charge in [0.25, 0.3) is 0 Å². The molecule has 1 atom stereocenters. The summed E-state index contributed by atoms with van der Waals surface area (Å²) in [4.78, 5) is 12.4. The molecular weight excluding hydrogens is 262 g/mol. The van der Waals surface area contributed by atoms with Gasteiger partial charge in [0.15, 0.2) is 0 Å². The van der Waals surface area contributed by atoms with Gasteiger partial charge in [-0.25, -0.2) is 0 Å². The van der Waals surface area contributed by atoms with Gasteiger partial charge in [-0.15, -0.1) is 0 Å². The molecule has 0 spiro atoms. The Morgan fingerprint density at radius 3 is 2.29 bits per heavy atom. The molecule has 3 heteroatoms. The first-order valence-electron chi connectivity index (χ1n) is 7.77. The molecule has 116 valence electrons. The fourth-order valence-corrected chi connectivity index (χ4v) is 3.38. The quantitative estimate of drug-likeness (QED) is 0.819. The van der Waals surface area contributed by atoms with Crippen LogP contribution < -0.4 is 5.73 Å². The van der Waals surface area contributed by atoms with Crippen molar-refractivity contribution >= 4 is 5.97 Å². The maximum absolute atomic E-state index is 12.4. The van der Waals surface area contributed by atoms with E-state index in [1.54, 1.807) is 0 Å². The molecule has 1 saturated carbocycles. The number of nitrogens with two attached hydrogens (primary N) is 1. The minimum absolute atomic E-state index is 0.156. The Bertz CT molecular complexity index is 511. The summed E-state index contributed by atoms with van der Waals surface area (Å²) in [5, 5.41) is 0. The van der Waals surface area contributed by atoms with Crippen LogP contribution in [0.1, 0.15) is 41.5 Å². The number of hydrogen-bond acceptors (Lipinski definition) is 3. The predicted molar refractivity (Wildman–Crippen MR) is 85.2 cm³/mol. The molecule has 0 aromatic heterocycles. The van der Waals surface area contributed by atoms with Crippen LogP contribution in [0.4, 0.5) is 0 Å². The number of esters is 1. The third-order valence-electron chi connectivity index (χ3n) is 4.74. The first kappa shape index (κ1) is 16.0. The van der Waals surface area contributed by atoms with E-state index in [4.69, 9.17) is 10.5 Å². The normalized spacial score (nSPS) is 17.4. The van der Waals surface area contributed by atoms with Crippen LogP contribution in [0.25, 0.3) is 0 Å². The second kappa shape index (κ2) is 6.18. The van der Waals surface area contributed by atoms with Gasteiger partial charge in [0.05, 0.1) is 12.5 Å². The third kappa shape index (κ3) is 3.46. The number of hydrogen-bond donors (Lipinski definition) is 1. The van der Waals surface area contributed by atoms with Gasteiger partial charge < -0.3 is 10.5 Å². The van der Waals surface area contributed by atoms with Crippen LogP contribution >= 0.6 is 0 Å². The fraction of sp³-hybridized carbons (Fsp3) is 0.611. The second-order valence-electron chi connectivity index (χ2n) is 6.68. The van der Waals surface area contributed by atoms with Crippen LogP contribution in [-0.4, -0.2) is 19.6 Å². The van der Waals surface area contributed by atoms with Crippen LogP contribution in [0.5, 0.6) is 0 Å². The molecule has 1 aliphatic carbocycles. The molecule has 1 aromatic rings. The van der Waals surface area contributed by atoms with E-state index in [2.05, 4.69) is 32.9 Å². The molecular formula is C18H27NO2. The minimum Gasteiger partial charge on any atom is -0.469 e. The van der Waals surface area contributed by atoms with Crippen molar-refractivity contribution in [1.29, 1.82) is 0 Å². The highest BCUT2D eigenvalue weighted by Crippen LogP contribution is 2.43. The standard InChI is InChI=1S/C18H27NO2/c1-12-7-13(2)16(14(3)8-12)10-18(11-19,17(20)21-4)9-15-5-6-15/h7-8,15H,5-6,9-11,19H2,1-4H3. The summed E-state index contributed by atoms with van der Waals surface area (Å²) in [7, 11) is 1.47. The average molecular weight is 289 g/mol. The van der Waals surface area contributed by atoms with E-state index in [1.807, 2.05) is 0 Å². The Hall–Kier alpha value is -1.35. The SMILES string of the molecule is COC(=O)C(CN)(Cc1c(C)cc(C)cc1C)CC1CC1. The first-order chi connectivity index (χ1) is 9.91. The molecule has 1 fully saturated rings. The number of methoxy groups -OCH3 is 1. The molecule has 0 heterocycles. The van der Waals surface area contributed by atoms with E-state index in [-0.39, 0.29) is 5.97 Å². The second-order valence-corrected chi connectivity index (χ2v) is 6.68. The van der Waals surface area contributed by atoms with Gasteiger partial charge in [-0.2, -0.15) is 0 Å². The summed E-state index contributed by atoms with van der Waals surface area (Å²) in [5.41, 5.74) is 10.5. The molecule has 2 N–H and O–H groups in total. The lowest BCUT2D eigenvalue weighted by Crippen LogP contribution is -2.42. The lowest BCUT2D eigenvalue weighted by atomic mass is 9.75. The van der Waals surface area contributed by atoms with Crippen molar-refractivity contribution in [3.63, 3.8) is 0 Å². The summed E-state index contributed by atoms with van der Waals surface area (Å²) >= 11 is 0. The number of ether oxygens (including phenoxy) is 1. The maximum Gasteiger partial charge on any atom is 0.313 e. The largest absolute Gasteiger partial charge is 0.469 e. The zero-order chi connectivity index (χ0) is 15.6. The van der Waals surface area contributed by atoms with Crippen LogP contribution in [0.2, 0.25) is 0 Å². The summed E-state index contributed by atoms with van der Waals surface area (Å²) in [6.45, 7) is 6.68. The highest BCUT2D eigenvalue weighted by Gasteiger charge is 2.43. The van der Waals surface area contributed by atoms with Crippen molar-refractivity contribution in [2.45, 2.75) is 46.5 Å². The number of rotatable bonds is 6. The Morgan fingerprint density at radius 2 is 1.86 bits per heavy atom. The van der Waals surface area contributed by atoms with Crippen molar-refractivity contribution in [3.05, 3.63) is 34.4 Å². The van der Waals surface area contributed by atoms with Crippen molar-refractivity contribution in [2.24, 2.45) is 17.1 Å². The van der Waals surface area contributed by atoms with E-state index in [9.17, 15) is 4.79 Å². The zero-order valence-electron chi connectivity index (χ0n) is 13.7. The summed E-state index contributed by atoms with van der Waals surface area (Å²) in [6, 6.07) is 4.36. The van der Waals surface area contributed by atoms with E-state index < -0.39 is 5.41 Å². The molecule has 3 nitrogen and oxygen atoms in total. The Balaban J connectivity index is 2.36. The highest BCUT2D eigenvalue weighted by molar-refractivity contribution is 5.77. The van der Waals surface area contributed by atoms with E-state index >= 15 is 0 Å². The van der Waals surface area contributed by atoms with Gasteiger partial charge >= 0.3 is 5.97 Å². The van der Waals surface area contributed by atoms with Gasteiger partial charge in [-0.05, 0) is 56.2 Å². The predicted octanol–water partition coefficient (Wildman–Crippen LogP) is 3.07. The third-order valence-corrected chi connectivity index (χ3v) is 4.74. The average Bonchev–Trinajstić information content (AvgIpc) is 3.24. The lowest BCUT2D eigenvalue weighted by molar-refractivity contribution is -0.153. The van der Waals surface area contributed by atoms with Crippen molar-refractivity contribution in [1.82, 2.24) is 0 Å². The smallest absolute Gasteiger partial charge is 0.313 e. The minimum atomic E-state index is -0.569. The van der Waals surface area contributed by atoms with Gasteiger partial charge in [0.2, 0.25) is 0 Å². The zero-order valence-corrected chi connectivity index (χ0v) is 13.7. The van der Waals surface area contributed by atoms with Crippen LogP contribution in [0.15, 0.2) is 12.1 Å². The van der Waals surface area contributed by atoms with Crippen LogP contribution in [0.3, 0.4) is 0 Å². The summed E-state index contributed by atoms with van der Waals surface area (Å²) in [6.07, 6.45) is 3.96. The van der Waals surface area contributed by atoms with Crippen LogP contribution in [0, 0.1) is 32.1 Å². The topological polar surface area (TPSA) is 52.3 Å². The lowest BCUT2D eigenvalue weighted by Gasteiger charge is -2.31. The Labute approximate surface area is 127 Å². The molecule has 0 bridgehead atoms. The molecule has 1 aliphatic rings. The fourth-order valence-electron chi connectivity index (χ4n) is 3.38. The molecule has 2 rings (SSSR count). The Kier molecular flexibility index (Phi) is 4.72. The Morgan fingerprint density at radius 1 is 1.29 bits per heavy atom. The number of carbonyl (C=O) groups is 1. The van der Waals surface area contributed by atoms with E-state index in [0.717, 1.165) is 6.42 Å². The van der Waals surface area contributed by atoms with Gasteiger partial charge in [0.1, 0.15) is 0 Å². The number of benzene rings is 1. The number of aryl methyl sites for hydroxylation is 3. The van der Waals surface area contributed by atoms with Gasteiger partial charge in [-0.3, -0.25) is 4.79 Å². The monoisotopic (exact) mass is 289 g/mol. The van der Waals surface area contributed by atoms with Crippen molar-refractivity contribution in [3.8, 4) is 0 Å². The molecule has 0 amide bonds. The molecule has 21 heavy (non-hydrogen) atoms. The molecule has 1 unspecified atom stereocenters. The van der Waals surface area contributed by atoms with Crippen LogP contribution in [-0.2, 0) is 16.0 Å². The highest BCUT2D eigenvalue weighted by atomic mass is 16.5. The summed E-state index contributed by atoms with van der Waals surface area (Å²) in [5.74, 6) is 0.481. The maximum atomic E-state index is 12.4.